The standard InChI is InChI=1S/C19H22FN3O5/c20-13-3-1-12(2-4-13)11-28-14-7-15-18(26)22-6-5-21(17(25)10-24)9-16(22)19(27)23(15)8-14/h1-4,14-16,24H,5-11H2/t14-,15+,16-/m0/s1. The minimum absolute atomic E-state index is 0.105. The Bertz CT molecular complexity index is 786. The lowest BCUT2D eigenvalue weighted by molar-refractivity contribution is -0.165. The number of benzene rings is 1. The topological polar surface area (TPSA) is 90.4 Å². The number of amides is 3. The van der Waals surface area contributed by atoms with Gasteiger partial charge in [0, 0.05) is 26.1 Å². The number of piperazine rings is 2. The van der Waals surface area contributed by atoms with Gasteiger partial charge in [-0.15, -0.1) is 0 Å². The van der Waals surface area contributed by atoms with Crippen molar-refractivity contribution in [3.63, 3.8) is 0 Å². The second-order valence-corrected chi connectivity index (χ2v) is 7.35. The molecule has 1 aromatic rings. The summed E-state index contributed by atoms with van der Waals surface area (Å²) in [7, 11) is 0. The summed E-state index contributed by atoms with van der Waals surface area (Å²) in [6.45, 7) is 0.682. The molecule has 9 heteroatoms. The molecule has 3 heterocycles. The van der Waals surface area contributed by atoms with Crippen LogP contribution in [0.1, 0.15) is 12.0 Å². The van der Waals surface area contributed by atoms with Gasteiger partial charge in [-0.2, -0.15) is 0 Å². The summed E-state index contributed by atoms with van der Waals surface area (Å²) >= 11 is 0. The van der Waals surface area contributed by atoms with Crippen molar-refractivity contribution in [3.8, 4) is 0 Å². The molecule has 3 aliphatic heterocycles. The fraction of sp³-hybridized carbons (Fsp3) is 0.526. The minimum atomic E-state index is -0.705. The van der Waals surface area contributed by atoms with E-state index >= 15 is 0 Å². The second-order valence-electron chi connectivity index (χ2n) is 7.35. The van der Waals surface area contributed by atoms with Gasteiger partial charge in [-0.25, -0.2) is 4.39 Å². The largest absolute Gasteiger partial charge is 0.387 e. The van der Waals surface area contributed by atoms with Crippen LogP contribution in [0.2, 0.25) is 0 Å². The molecule has 0 aliphatic carbocycles. The van der Waals surface area contributed by atoms with E-state index in [1.165, 1.54) is 17.0 Å². The van der Waals surface area contributed by atoms with Crippen molar-refractivity contribution in [2.24, 2.45) is 0 Å². The van der Waals surface area contributed by atoms with E-state index in [4.69, 9.17) is 9.84 Å². The SMILES string of the molecule is O=C(CO)N1CCN2C(=O)[C@H]3C[C@H](OCc4ccc(F)cc4)CN3C(=O)[C@@H]2C1. The Hall–Kier alpha value is -2.52. The Labute approximate surface area is 161 Å². The number of hydrogen-bond donors (Lipinski definition) is 1. The van der Waals surface area contributed by atoms with E-state index in [0.29, 0.717) is 19.5 Å². The summed E-state index contributed by atoms with van der Waals surface area (Å²) in [5, 5.41) is 9.05. The molecular weight excluding hydrogens is 369 g/mol. The molecule has 1 aromatic carbocycles. The molecule has 28 heavy (non-hydrogen) atoms. The van der Waals surface area contributed by atoms with E-state index in [9.17, 15) is 18.8 Å². The smallest absolute Gasteiger partial charge is 0.248 e. The predicted octanol–water partition coefficient (Wildman–Crippen LogP) is -0.643. The zero-order valence-electron chi connectivity index (χ0n) is 15.3. The summed E-state index contributed by atoms with van der Waals surface area (Å²) in [4.78, 5) is 42.1. The first-order valence-corrected chi connectivity index (χ1v) is 9.33. The highest BCUT2D eigenvalue weighted by Crippen LogP contribution is 2.30. The molecule has 3 aliphatic rings. The number of nitrogens with zero attached hydrogens (tertiary/aromatic N) is 3. The highest BCUT2D eigenvalue weighted by Gasteiger charge is 2.52. The fourth-order valence-electron chi connectivity index (χ4n) is 4.16. The normalized spacial score (nSPS) is 27.1. The number of halogens is 1. The van der Waals surface area contributed by atoms with Crippen LogP contribution in [0.5, 0.6) is 0 Å². The van der Waals surface area contributed by atoms with Gasteiger partial charge in [0.2, 0.25) is 17.7 Å². The number of rotatable bonds is 4. The van der Waals surface area contributed by atoms with Crippen LogP contribution in [0.25, 0.3) is 0 Å². The minimum Gasteiger partial charge on any atom is -0.387 e. The van der Waals surface area contributed by atoms with E-state index in [1.807, 2.05) is 0 Å². The van der Waals surface area contributed by atoms with E-state index in [0.717, 1.165) is 5.56 Å². The molecule has 3 fully saturated rings. The third-order valence-corrected chi connectivity index (χ3v) is 5.67. The number of aliphatic hydroxyl groups excluding tert-OH is 1. The molecule has 0 aromatic heterocycles. The molecule has 3 atom stereocenters. The average molecular weight is 391 g/mol. The maximum absolute atomic E-state index is 13.0. The number of aliphatic hydroxyl groups is 1. The lowest BCUT2D eigenvalue weighted by Gasteiger charge is -2.47. The Morgan fingerprint density at radius 3 is 2.50 bits per heavy atom. The number of carbonyl (C=O) groups is 3. The van der Waals surface area contributed by atoms with Gasteiger partial charge in [-0.3, -0.25) is 14.4 Å². The average Bonchev–Trinajstić information content (AvgIpc) is 3.15. The number of fused-ring (bicyclic) bond motifs is 2. The first kappa shape index (κ1) is 18.8. The molecule has 8 nitrogen and oxygen atoms in total. The molecule has 0 spiro atoms. The van der Waals surface area contributed by atoms with E-state index in [-0.39, 0.29) is 43.4 Å². The van der Waals surface area contributed by atoms with Gasteiger partial charge in [0.05, 0.1) is 19.3 Å². The zero-order chi connectivity index (χ0) is 19.8. The Balaban J connectivity index is 1.41. The van der Waals surface area contributed by atoms with Crippen molar-refractivity contribution in [1.82, 2.24) is 14.7 Å². The van der Waals surface area contributed by atoms with Crippen LogP contribution in [0.3, 0.4) is 0 Å². The van der Waals surface area contributed by atoms with E-state index in [1.54, 1.807) is 21.9 Å². The maximum atomic E-state index is 13.0. The Kier molecular flexibility index (Phi) is 5.03. The van der Waals surface area contributed by atoms with Gasteiger partial charge in [-0.1, -0.05) is 12.1 Å². The molecule has 3 saturated heterocycles. The molecule has 1 N–H and O–H groups in total. The van der Waals surface area contributed by atoms with Crippen LogP contribution in [0.4, 0.5) is 4.39 Å². The molecule has 0 radical (unpaired) electrons. The molecule has 0 bridgehead atoms. The third-order valence-electron chi connectivity index (χ3n) is 5.67. The van der Waals surface area contributed by atoms with Crippen molar-refractivity contribution in [3.05, 3.63) is 35.6 Å². The molecule has 150 valence electrons. The van der Waals surface area contributed by atoms with Crippen LogP contribution in [-0.2, 0) is 25.7 Å². The van der Waals surface area contributed by atoms with Crippen molar-refractivity contribution in [2.75, 3.05) is 32.8 Å². The lowest BCUT2D eigenvalue weighted by atomic mass is 10.0. The van der Waals surface area contributed by atoms with Crippen LogP contribution in [0, 0.1) is 5.82 Å². The summed E-state index contributed by atoms with van der Waals surface area (Å²) in [5.41, 5.74) is 0.819. The van der Waals surface area contributed by atoms with E-state index in [2.05, 4.69) is 0 Å². The van der Waals surface area contributed by atoms with Gasteiger partial charge in [-0.05, 0) is 17.7 Å². The third kappa shape index (κ3) is 3.35. The van der Waals surface area contributed by atoms with Gasteiger partial charge < -0.3 is 24.5 Å². The molecule has 3 amide bonds. The highest BCUT2D eigenvalue weighted by atomic mass is 19.1. The zero-order valence-corrected chi connectivity index (χ0v) is 15.3. The van der Waals surface area contributed by atoms with Crippen LogP contribution in [0.15, 0.2) is 24.3 Å². The monoisotopic (exact) mass is 391 g/mol. The van der Waals surface area contributed by atoms with E-state index < -0.39 is 24.6 Å². The van der Waals surface area contributed by atoms with Crippen molar-refractivity contribution in [2.45, 2.75) is 31.2 Å². The summed E-state index contributed by atoms with van der Waals surface area (Å²) < 4.78 is 18.9. The van der Waals surface area contributed by atoms with Crippen molar-refractivity contribution in [1.29, 1.82) is 0 Å². The Morgan fingerprint density at radius 1 is 1.07 bits per heavy atom. The fourth-order valence-corrected chi connectivity index (χ4v) is 4.16. The summed E-state index contributed by atoms with van der Waals surface area (Å²) in [5.74, 6) is -1.06. The summed E-state index contributed by atoms with van der Waals surface area (Å²) in [6, 6.07) is 4.76. The number of hydrogen-bond acceptors (Lipinski definition) is 5. The first-order valence-electron chi connectivity index (χ1n) is 9.33. The van der Waals surface area contributed by atoms with Crippen LogP contribution >= 0.6 is 0 Å². The van der Waals surface area contributed by atoms with Crippen molar-refractivity contribution >= 4 is 17.7 Å². The maximum Gasteiger partial charge on any atom is 0.248 e. The predicted molar refractivity (Wildman–Crippen MR) is 94.3 cm³/mol. The van der Waals surface area contributed by atoms with Gasteiger partial charge in [0.15, 0.2) is 0 Å². The summed E-state index contributed by atoms with van der Waals surface area (Å²) in [6.07, 6.45) is 0.147. The molecule has 0 saturated carbocycles. The second kappa shape index (κ2) is 7.48. The highest BCUT2D eigenvalue weighted by molar-refractivity contribution is 5.98. The van der Waals surface area contributed by atoms with Gasteiger partial charge in [0.1, 0.15) is 24.5 Å². The quantitative estimate of drug-likeness (QED) is 0.737. The van der Waals surface area contributed by atoms with Gasteiger partial charge >= 0.3 is 0 Å². The molecule has 4 rings (SSSR count). The first-order chi connectivity index (χ1) is 13.5. The van der Waals surface area contributed by atoms with Crippen molar-refractivity contribution < 1.29 is 28.6 Å². The number of ether oxygens (including phenoxy) is 1. The van der Waals surface area contributed by atoms with Gasteiger partial charge in [0.25, 0.3) is 0 Å². The Morgan fingerprint density at radius 2 is 1.79 bits per heavy atom. The van der Waals surface area contributed by atoms with Crippen LogP contribution < -0.4 is 0 Å². The molecule has 0 unspecified atom stereocenters. The van der Waals surface area contributed by atoms with Crippen LogP contribution in [-0.4, -0.2) is 88.5 Å². The number of carbonyl (C=O) groups excluding carboxylic acids is 3. The lowest BCUT2D eigenvalue weighted by Crippen LogP contribution is -2.69. The molecular formula is C19H22FN3O5.